The quantitative estimate of drug-likeness (QED) is 0.504. The topological polar surface area (TPSA) is 81.9 Å². The normalized spacial score (nSPS) is 16.6. The lowest BCUT2D eigenvalue weighted by molar-refractivity contribution is 0.321. The second-order valence-electron chi connectivity index (χ2n) is 7.59. The van der Waals surface area contributed by atoms with Crippen LogP contribution in [0.25, 0.3) is 0 Å². The highest BCUT2D eigenvalue weighted by Crippen LogP contribution is 2.24. The molecule has 2 N–H and O–H groups in total. The number of benzene rings is 2. The van der Waals surface area contributed by atoms with Crippen molar-refractivity contribution in [3.05, 3.63) is 59.2 Å². The minimum absolute atomic E-state index is 0.329. The molecule has 1 atom stereocenters. The van der Waals surface area contributed by atoms with E-state index in [4.69, 9.17) is 19.7 Å². The molecule has 1 saturated heterocycles. The van der Waals surface area contributed by atoms with Gasteiger partial charge in [0.2, 0.25) is 0 Å². The molecule has 164 valence electrons. The third-order valence-electron chi connectivity index (χ3n) is 5.25. The van der Waals surface area contributed by atoms with Gasteiger partial charge in [-0.1, -0.05) is 12.1 Å². The summed E-state index contributed by atoms with van der Waals surface area (Å²) in [6.07, 6.45) is 1.05. The number of methoxy groups -OCH3 is 2. The van der Waals surface area contributed by atoms with E-state index >= 15 is 0 Å². The molecule has 1 aliphatic rings. The van der Waals surface area contributed by atoms with Crippen LogP contribution in [0.3, 0.4) is 0 Å². The molecule has 7 nitrogen and oxygen atoms in total. The first-order valence-corrected chi connectivity index (χ1v) is 10.6. The molecule has 1 fully saturated rings. The number of guanidine groups is 1. The van der Waals surface area contributed by atoms with E-state index in [9.17, 15) is 0 Å². The van der Waals surface area contributed by atoms with E-state index in [1.165, 1.54) is 5.56 Å². The monoisotopic (exact) mass is 421 g/mol. The predicted octanol–water partition coefficient (Wildman–Crippen LogP) is 2.91. The largest absolute Gasteiger partial charge is 0.497 e. The maximum atomic E-state index is 9.07. The molecule has 1 unspecified atom stereocenters. The summed E-state index contributed by atoms with van der Waals surface area (Å²) >= 11 is 0. The van der Waals surface area contributed by atoms with Gasteiger partial charge in [-0.3, -0.25) is 4.90 Å². The average Bonchev–Trinajstić information content (AvgIpc) is 3.24. The molecule has 1 aliphatic heterocycles. The minimum Gasteiger partial charge on any atom is -0.497 e. The van der Waals surface area contributed by atoms with Crippen LogP contribution < -0.4 is 20.1 Å². The zero-order chi connectivity index (χ0) is 22.1. The molecule has 0 amide bonds. The number of hydrogen-bond donors (Lipinski definition) is 2. The number of nitrogens with zero attached hydrogens (tertiary/aromatic N) is 3. The number of nitriles is 1. The Labute approximate surface area is 184 Å². The molecule has 0 saturated carbocycles. The van der Waals surface area contributed by atoms with Crippen LogP contribution in [0.15, 0.2) is 47.5 Å². The van der Waals surface area contributed by atoms with Gasteiger partial charge in [-0.25, -0.2) is 4.99 Å². The van der Waals surface area contributed by atoms with E-state index in [0.29, 0.717) is 18.2 Å². The Kier molecular flexibility index (Phi) is 8.13. The number of hydrogen-bond acceptors (Lipinski definition) is 5. The summed E-state index contributed by atoms with van der Waals surface area (Å²) in [5.74, 6) is 2.43. The third kappa shape index (κ3) is 6.63. The maximum Gasteiger partial charge on any atom is 0.191 e. The smallest absolute Gasteiger partial charge is 0.191 e. The van der Waals surface area contributed by atoms with Gasteiger partial charge in [0.1, 0.15) is 11.5 Å². The highest BCUT2D eigenvalue weighted by Gasteiger charge is 2.23. The van der Waals surface area contributed by atoms with Gasteiger partial charge in [-0.15, -0.1) is 0 Å². The zero-order valence-corrected chi connectivity index (χ0v) is 18.5. The summed E-state index contributed by atoms with van der Waals surface area (Å²) in [6.45, 7) is 6.19. The molecule has 2 aromatic rings. The minimum atomic E-state index is 0.329. The van der Waals surface area contributed by atoms with Crippen molar-refractivity contribution in [2.24, 2.45) is 4.99 Å². The van der Waals surface area contributed by atoms with E-state index < -0.39 is 0 Å². The lowest BCUT2D eigenvalue weighted by Gasteiger charge is -2.19. The van der Waals surface area contributed by atoms with Crippen LogP contribution in [0.2, 0.25) is 0 Å². The van der Waals surface area contributed by atoms with Crippen molar-refractivity contribution in [1.29, 1.82) is 5.26 Å². The third-order valence-corrected chi connectivity index (χ3v) is 5.25. The molecule has 0 spiro atoms. The molecule has 0 bridgehead atoms. The van der Waals surface area contributed by atoms with Gasteiger partial charge in [0.05, 0.1) is 32.4 Å². The lowest BCUT2D eigenvalue weighted by Crippen LogP contribution is -2.44. The Morgan fingerprint density at radius 2 is 1.94 bits per heavy atom. The predicted molar refractivity (Wildman–Crippen MR) is 122 cm³/mol. The van der Waals surface area contributed by atoms with Crippen LogP contribution in [0.1, 0.15) is 30.0 Å². The number of ether oxygens (including phenoxy) is 2. The summed E-state index contributed by atoms with van der Waals surface area (Å²) in [6, 6.07) is 16.1. The molecule has 3 rings (SSSR count). The van der Waals surface area contributed by atoms with Crippen molar-refractivity contribution in [1.82, 2.24) is 15.5 Å². The fraction of sp³-hybridized carbons (Fsp3) is 0.417. The maximum absolute atomic E-state index is 9.07. The Hall–Kier alpha value is -3.24. The molecule has 1 heterocycles. The number of nitrogens with one attached hydrogen (secondary N) is 2. The fourth-order valence-corrected chi connectivity index (χ4v) is 3.73. The van der Waals surface area contributed by atoms with Crippen molar-refractivity contribution in [3.8, 4) is 17.6 Å². The first kappa shape index (κ1) is 22.4. The standard InChI is InChI=1S/C24H31N5O2/c1-4-26-24(27-15-19-7-5-6-18(10-19)14-25)28-21-8-9-29(17-21)16-20-11-22(30-2)13-23(12-20)31-3/h5-7,10-13,21H,4,8-9,15-17H2,1-3H3,(H2,26,27,28). The van der Waals surface area contributed by atoms with Gasteiger partial charge < -0.3 is 20.1 Å². The Morgan fingerprint density at radius 1 is 1.16 bits per heavy atom. The van der Waals surface area contributed by atoms with Crippen molar-refractivity contribution in [2.45, 2.75) is 32.5 Å². The van der Waals surface area contributed by atoms with E-state index in [1.807, 2.05) is 30.3 Å². The number of aliphatic imine (C=N–C) groups is 1. The zero-order valence-electron chi connectivity index (χ0n) is 18.5. The number of likely N-dealkylation sites (tertiary alicyclic amines) is 1. The number of rotatable bonds is 8. The van der Waals surface area contributed by atoms with E-state index in [2.05, 4.69) is 40.7 Å². The summed E-state index contributed by atoms with van der Waals surface area (Å²) in [4.78, 5) is 7.13. The molecular weight excluding hydrogens is 390 g/mol. The molecule has 2 aromatic carbocycles. The van der Waals surface area contributed by atoms with Gasteiger partial charge >= 0.3 is 0 Å². The summed E-state index contributed by atoms with van der Waals surface area (Å²) in [5, 5.41) is 16.0. The first-order chi connectivity index (χ1) is 15.1. The van der Waals surface area contributed by atoms with Gasteiger partial charge in [0, 0.05) is 38.3 Å². The highest BCUT2D eigenvalue weighted by molar-refractivity contribution is 5.80. The van der Waals surface area contributed by atoms with E-state index in [1.54, 1.807) is 14.2 Å². The van der Waals surface area contributed by atoms with Gasteiger partial charge in [-0.2, -0.15) is 5.26 Å². The SMILES string of the molecule is CCNC(=NCc1cccc(C#N)c1)NC1CCN(Cc2cc(OC)cc(OC)c2)C1. The Bertz CT molecular complexity index is 916. The first-order valence-electron chi connectivity index (χ1n) is 10.6. The summed E-state index contributed by atoms with van der Waals surface area (Å²) in [5.41, 5.74) is 2.86. The van der Waals surface area contributed by atoms with Crippen molar-refractivity contribution in [2.75, 3.05) is 33.9 Å². The van der Waals surface area contributed by atoms with Crippen LogP contribution >= 0.6 is 0 Å². The second-order valence-corrected chi connectivity index (χ2v) is 7.59. The summed E-state index contributed by atoms with van der Waals surface area (Å²) < 4.78 is 10.8. The second kappa shape index (κ2) is 11.2. The molecule has 0 aromatic heterocycles. The van der Waals surface area contributed by atoms with Crippen molar-refractivity contribution < 1.29 is 9.47 Å². The fourth-order valence-electron chi connectivity index (χ4n) is 3.73. The van der Waals surface area contributed by atoms with Crippen LogP contribution in [0.4, 0.5) is 0 Å². The van der Waals surface area contributed by atoms with Crippen molar-refractivity contribution >= 4 is 5.96 Å². The van der Waals surface area contributed by atoms with Gasteiger partial charge in [-0.05, 0) is 48.7 Å². The van der Waals surface area contributed by atoms with E-state index in [-0.39, 0.29) is 0 Å². The average molecular weight is 422 g/mol. The Morgan fingerprint density at radius 3 is 2.61 bits per heavy atom. The Balaban J connectivity index is 1.58. The summed E-state index contributed by atoms with van der Waals surface area (Å²) in [7, 11) is 3.35. The van der Waals surface area contributed by atoms with Crippen LogP contribution in [-0.4, -0.2) is 50.8 Å². The van der Waals surface area contributed by atoms with Crippen LogP contribution in [0, 0.1) is 11.3 Å². The highest BCUT2D eigenvalue weighted by atomic mass is 16.5. The molecule has 7 heteroatoms. The molecule has 31 heavy (non-hydrogen) atoms. The molecule has 0 aliphatic carbocycles. The van der Waals surface area contributed by atoms with Crippen LogP contribution in [-0.2, 0) is 13.1 Å². The lowest BCUT2D eigenvalue weighted by atomic mass is 10.1. The van der Waals surface area contributed by atoms with Gasteiger partial charge in [0.15, 0.2) is 5.96 Å². The van der Waals surface area contributed by atoms with Crippen molar-refractivity contribution in [3.63, 3.8) is 0 Å². The van der Waals surface area contributed by atoms with Crippen LogP contribution in [0.5, 0.6) is 11.5 Å². The van der Waals surface area contributed by atoms with E-state index in [0.717, 1.165) is 55.6 Å². The van der Waals surface area contributed by atoms with Gasteiger partial charge in [0.25, 0.3) is 0 Å². The molecular formula is C24H31N5O2. The molecule has 0 radical (unpaired) electrons.